The number of piperidine rings is 1. The largest absolute Gasteiger partial charge is 0.335 e. The third kappa shape index (κ3) is 3.62. The quantitative estimate of drug-likeness (QED) is 0.924. The van der Waals surface area contributed by atoms with E-state index < -0.39 is 0 Å². The summed E-state index contributed by atoms with van der Waals surface area (Å²) in [5, 5.41) is 3.32. The molecule has 21 heavy (non-hydrogen) atoms. The lowest BCUT2D eigenvalue weighted by atomic mass is 9.98. The van der Waals surface area contributed by atoms with E-state index in [0.29, 0.717) is 5.56 Å². The highest BCUT2D eigenvalue weighted by molar-refractivity contribution is 5.83. The number of nitrogens with one attached hydrogen (secondary N) is 1. The molecule has 1 aromatic rings. The molecule has 1 aliphatic heterocycles. The Morgan fingerprint density at radius 2 is 2.05 bits per heavy atom. The van der Waals surface area contributed by atoms with Crippen LogP contribution in [0, 0.1) is 12.7 Å². The van der Waals surface area contributed by atoms with Gasteiger partial charge in [-0.3, -0.25) is 4.79 Å². The van der Waals surface area contributed by atoms with Gasteiger partial charge in [0.05, 0.1) is 12.1 Å². The van der Waals surface area contributed by atoms with Gasteiger partial charge in [0.15, 0.2) is 0 Å². The first-order valence-corrected chi connectivity index (χ1v) is 7.72. The maximum absolute atomic E-state index is 13.7. The molecule has 1 N–H and O–H groups in total. The zero-order chi connectivity index (χ0) is 15.6. The summed E-state index contributed by atoms with van der Waals surface area (Å²) in [6.45, 7) is 8.56. The number of aryl methyl sites for hydroxylation is 1. The van der Waals surface area contributed by atoms with E-state index >= 15 is 0 Å². The van der Waals surface area contributed by atoms with E-state index in [2.05, 4.69) is 5.32 Å². The number of hydrogen-bond donors (Lipinski definition) is 1. The normalized spacial score (nSPS) is 21.0. The second-order valence-electron chi connectivity index (χ2n) is 6.23. The molecule has 0 radical (unpaired) electrons. The molecule has 4 heteroatoms. The maximum Gasteiger partial charge on any atom is 0.240 e. The van der Waals surface area contributed by atoms with Gasteiger partial charge in [0.1, 0.15) is 5.82 Å². The van der Waals surface area contributed by atoms with Gasteiger partial charge in [-0.1, -0.05) is 26.0 Å². The maximum atomic E-state index is 13.7. The van der Waals surface area contributed by atoms with Crippen LogP contribution in [0.15, 0.2) is 18.2 Å². The van der Waals surface area contributed by atoms with E-state index in [1.54, 1.807) is 19.1 Å². The fourth-order valence-corrected chi connectivity index (χ4v) is 2.89. The molecule has 116 valence electrons. The molecule has 1 amide bonds. The van der Waals surface area contributed by atoms with Crippen molar-refractivity contribution in [3.05, 3.63) is 35.1 Å². The highest BCUT2D eigenvalue weighted by Crippen LogP contribution is 2.26. The van der Waals surface area contributed by atoms with Crippen molar-refractivity contribution in [2.75, 3.05) is 6.54 Å². The zero-order valence-corrected chi connectivity index (χ0v) is 13.3. The van der Waals surface area contributed by atoms with E-state index in [-0.39, 0.29) is 29.8 Å². The third-order valence-corrected chi connectivity index (χ3v) is 4.15. The van der Waals surface area contributed by atoms with Gasteiger partial charge in [-0.05, 0) is 43.9 Å². The van der Waals surface area contributed by atoms with Crippen LogP contribution in [0.5, 0.6) is 0 Å². The molecule has 3 nitrogen and oxygen atoms in total. The minimum atomic E-state index is -0.208. The number of benzene rings is 1. The number of rotatable bonds is 4. The van der Waals surface area contributed by atoms with E-state index in [1.807, 2.05) is 31.7 Å². The topological polar surface area (TPSA) is 32.3 Å². The minimum Gasteiger partial charge on any atom is -0.335 e. The number of carbonyl (C=O) groups is 1. The Kier molecular flexibility index (Phi) is 4.99. The first-order valence-electron chi connectivity index (χ1n) is 7.72. The van der Waals surface area contributed by atoms with Crippen molar-refractivity contribution < 1.29 is 9.18 Å². The highest BCUT2D eigenvalue weighted by atomic mass is 19.1. The van der Waals surface area contributed by atoms with Crippen molar-refractivity contribution in [3.8, 4) is 0 Å². The van der Waals surface area contributed by atoms with Crippen molar-refractivity contribution in [1.82, 2.24) is 10.2 Å². The lowest BCUT2D eigenvalue weighted by Gasteiger charge is -2.37. The number of halogens is 1. The molecule has 1 aromatic carbocycles. The SMILES string of the molecule is Cc1ccc(C(C)N2CCCC(NC(C)C)C2=O)cc1F. The first-order chi connectivity index (χ1) is 9.90. The van der Waals surface area contributed by atoms with Gasteiger partial charge in [-0.15, -0.1) is 0 Å². The van der Waals surface area contributed by atoms with Crippen LogP contribution in [0.4, 0.5) is 4.39 Å². The molecule has 0 aromatic heterocycles. The van der Waals surface area contributed by atoms with Crippen molar-refractivity contribution in [2.24, 2.45) is 0 Å². The summed E-state index contributed by atoms with van der Waals surface area (Å²) in [7, 11) is 0. The third-order valence-electron chi connectivity index (χ3n) is 4.15. The Balaban J connectivity index is 2.15. The lowest BCUT2D eigenvalue weighted by molar-refractivity contribution is -0.138. The molecule has 1 heterocycles. The molecule has 0 spiro atoms. The van der Waals surface area contributed by atoms with Gasteiger partial charge in [0.2, 0.25) is 5.91 Å². The van der Waals surface area contributed by atoms with Crippen molar-refractivity contribution in [2.45, 2.75) is 58.7 Å². The van der Waals surface area contributed by atoms with Crippen LogP contribution >= 0.6 is 0 Å². The summed E-state index contributed by atoms with van der Waals surface area (Å²) < 4.78 is 13.7. The number of nitrogens with zero attached hydrogens (tertiary/aromatic N) is 1. The van der Waals surface area contributed by atoms with Gasteiger partial charge >= 0.3 is 0 Å². The first kappa shape index (κ1) is 16.0. The summed E-state index contributed by atoms with van der Waals surface area (Å²) in [5.41, 5.74) is 1.49. The molecule has 1 aliphatic rings. The highest BCUT2D eigenvalue weighted by Gasteiger charge is 2.32. The Labute approximate surface area is 126 Å². The van der Waals surface area contributed by atoms with Crippen LogP contribution in [0.25, 0.3) is 0 Å². The van der Waals surface area contributed by atoms with Gasteiger partial charge in [0, 0.05) is 12.6 Å². The van der Waals surface area contributed by atoms with E-state index in [1.165, 1.54) is 0 Å². The summed E-state index contributed by atoms with van der Waals surface area (Å²) in [5.74, 6) is -0.0795. The Morgan fingerprint density at radius 1 is 1.33 bits per heavy atom. The van der Waals surface area contributed by atoms with Gasteiger partial charge < -0.3 is 10.2 Å². The van der Waals surface area contributed by atoms with Crippen molar-refractivity contribution in [3.63, 3.8) is 0 Å². The van der Waals surface area contributed by atoms with Gasteiger partial charge in [-0.25, -0.2) is 4.39 Å². The molecular formula is C17H25FN2O. The predicted octanol–water partition coefficient (Wildman–Crippen LogP) is 3.18. The molecule has 0 aliphatic carbocycles. The molecule has 0 saturated carbocycles. The Bertz CT molecular complexity index is 516. The molecule has 1 fully saturated rings. The second kappa shape index (κ2) is 6.56. The number of likely N-dealkylation sites (tertiary alicyclic amines) is 1. The van der Waals surface area contributed by atoms with Crippen molar-refractivity contribution in [1.29, 1.82) is 0 Å². The van der Waals surface area contributed by atoms with Crippen LogP contribution in [-0.4, -0.2) is 29.4 Å². The monoisotopic (exact) mass is 292 g/mol. The summed E-state index contributed by atoms with van der Waals surface area (Å²) >= 11 is 0. The zero-order valence-electron chi connectivity index (χ0n) is 13.3. The fourth-order valence-electron chi connectivity index (χ4n) is 2.89. The van der Waals surface area contributed by atoms with Gasteiger partial charge in [0.25, 0.3) is 0 Å². The van der Waals surface area contributed by atoms with Crippen LogP contribution < -0.4 is 5.32 Å². The van der Waals surface area contributed by atoms with Crippen LogP contribution in [0.3, 0.4) is 0 Å². The average Bonchev–Trinajstić information content (AvgIpc) is 2.43. The molecule has 0 bridgehead atoms. The molecular weight excluding hydrogens is 267 g/mol. The van der Waals surface area contributed by atoms with E-state index in [4.69, 9.17) is 0 Å². The fraction of sp³-hybridized carbons (Fsp3) is 0.588. The van der Waals surface area contributed by atoms with E-state index in [9.17, 15) is 9.18 Å². The Hall–Kier alpha value is -1.42. The van der Waals surface area contributed by atoms with E-state index in [0.717, 1.165) is 24.9 Å². The Morgan fingerprint density at radius 3 is 2.67 bits per heavy atom. The predicted molar refractivity (Wildman–Crippen MR) is 82.6 cm³/mol. The molecule has 2 rings (SSSR count). The van der Waals surface area contributed by atoms with Crippen LogP contribution in [0.1, 0.15) is 50.8 Å². The van der Waals surface area contributed by atoms with Crippen LogP contribution in [0.2, 0.25) is 0 Å². The minimum absolute atomic E-state index is 0.0932. The second-order valence-corrected chi connectivity index (χ2v) is 6.23. The summed E-state index contributed by atoms with van der Waals surface area (Å²) in [4.78, 5) is 14.5. The lowest BCUT2D eigenvalue weighted by Crippen LogP contribution is -2.52. The standard InChI is InChI=1S/C17H25FN2O/c1-11(2)19-16-6-5-9-20(17(16)21)13(4)14-8-7-12(3)15(18)10-14/h7-8,10-11,13,16,19H,5-6,9H2,1-4H3. The summed E-state index contributed by atoms with van der Waals surface area (Å²) in [6, 6.07) is 5.31. The number of carbonyl (C=O) groups excluding carboxylic acids is 1. The average molecular weight is 292 g/mol. The van der Waals surface area contributed by atoms with Crippen LogP contribution in [-0.2, 0) is 4.79 Å². The molecule has 2 unspecified atom stereocenters. The number of amides is 1. The smallest absolute Gasteiger partial charge is 0.240 e. The molecule has 1 saturated heterocycles. The van der Waals surface area contributed by atoms with Gasteiger partial charge in [-0.2, -0.15) is 0 Å². The van der Waals surface area contributed by atoms with Crippen molar-refractivity contribution >= 4 is 5.91 Å². The summed E-state index contributed by atoms with van der Waals surface area (Å²) in [6.07, 6.45) is 1.86. The molecule has 2 atom stereocenters. The number of hydrogen-bond acceptors (Lipinski definition) is 2.